The third-order valence-electron chi connectivity index (χ3n) is 4.16. The molecule has 4 nitrogen and oxygen atoms in total. The van der Waals surface area contributed by atoms with Crippen molar-refractivity contribution >= 4 is 35.1 Å². The number of amides is 1. The fraction of sp³-hybridized carbons (Fsp3) is 0.467. The van der Waals surface area contributed by atoms with E-state index < -0.39 is 12.0 Å². The first-order valence-electron chi connectivity index (χ1n) is 6.95. The molecule has 0 radical (unpaired) electrons. The molecule has 0 spiro atoms. The number of halogens is 2. The van der Waals surface area contributed by atoms with Gasteiger partial charge in [-0.05, 0) is 48.8 Å². The standard InChI is InChI=1S/C15H15Cl2NO3/c16-11-4-3-8(5-12(11)17)9-6-10(9)14(19)18-13(15(20)21)7-1-2-7/h3-5,7,9-10,13H,1-2,6H2,(H,18,19)(H,20,21). The summed E-state index contributed by atoms with van der Waals surface area (Å²) >= 11 is 11.9. The van der Waals surface area contributed by atoms with Crippen molar-refractivity contribution in [3.05, 3.63) is 33.8 Å². The van der Waals surface area contributed by atoms with Gasteiger partial charge in [0.15, 0.2) is 0 Å². The summed E-state index contributed by atoms with van der Waals surface area (Å²) in [4.78, 5) is 23.3. The molecule has 2 aliphatic rings. The van der Waals surface area contributed by atoms with E-state index in [4.69, 9.17) is 28.3 Å². The van der Waals surface area contributed by atoms with Crippen molar-refractivity contribution in [1.29, 1.82) is 0 Å². The van der Waals surface area contributed by atoms with Gasteiger partial charge in [0.05, 0.1) is 10.0 Å². The van der Waals surface area contributed by atoms with Crippen molar-refractivity contribution in [2.75, 3.05) is 0 Å². The Balaban J connectivity index is 1.62. The van der Waals surface area contributed by atoms with Gasteiger partial charge in [-0.15, -0.1) is 0 Å². The van der Waals surface area contributed by atoms with Crippen molar-refractivity contribution in [3.63, 3.8) is 0 Å². The van der Waals surface area contributed by atoms with Gasteiger partial charge in [0.2, 0.25) is 5.91 Å². The molecule has 0 aliphatic heterocycles. The number of carbonyl (C=O) groups excluding carboxylic acids is 1. The van der Waals surface area contributed by atoms with Gasteiger partial charge in [0.1, 0.15) is 6.04 Å². The molecular weight excluding hydrogens is 313 g/mol. The van der Waals surface area contributed by atoms with Gasteiger partial charge in [-0.3, -0.25) is 4.79 Å². The second kappa shape index (κ2) is 5.50. The van der Waals surface area contributed by atoms with Crippen molar-refractivity contribution < 1.29 is 14.7 Å². The maximum Gasteiger partial charge on any atom is 0.326 e. The molecule has 3 unspecified atom stereocenters. The zero-order valence-electron chi connectivity index (χ0n) is 11.2. The van der Waals surface area contributed by atoms with Crippen LogP contribution in [-0.4, -0.2) is 23.0 Å². The number of hydrogen-bond donors (Lipinski definition) is 2. The van der Waals surface area contributed by atoms with Gasteiger partial charge in [-0.1, -0.05) is 29.3 Å². The summed E-state index contributed by atoms with van der Waals surface area (Å²) in [7, 11) is 0. The molecule has 2 N–H and O–H groups in total. The van der Waals surface area contributed by atoms with Crippen LogP contribution in [0.15, 0.2) is 18.2 Å². The number of aliphatic carboxylic acids is 1. The Morgan fingerprint density at radius 1 is 1.24 bits per heavy atom. The van der Waals surface area contributed by atoms with Crippen LogP contribution in [0.4, 0.5) is 0 Å². The van der Waals surface area contributed by atoms with Gasteiger partial charge < -0.3 is 10.4 Å². The zero-order valence-corrected chi connectivity index (χ0v) is 12.7. The number of nitrogens with one attached hydrogen (secondary N) is 1. The summed E-state index contributed by atoms with van der Waals surface area (Å²) in [6.45, 7) is 0. The maximum absolute atomic E-state index is 12.2. The number of rotatable bonds is 5. The van der Waals surface area contributed by atoms with Gasteiger partial charge >= 0.3 is 5.97 Å². The van der Waals surface area contributed by atoms with Crippen LogP contribution in [0.3, 0.4) is 0 Å². The molecule has 1 aromatic carbocycles. The lowest BCUT2D eigenvalue weighted by molar-refractivity contribution is -0.142. The summed E-state index contributed by atoms with van der Waals surface area (Å²) in [5, 5.41) is 12.8. The zero-order chi connectivity index (χ0) is 15.1. The van der Waals surface area contributed by atoms with E-state index in [1.54, 1.807) is 12.1 Å². The largest absolute Gasteiger partial charge is 0.480 e. The Labute approximate surface area is 132 Å². The monoisotopic (exact) mass is 327 g/mol. The predicted octanol–water partition coefficient (Wildman–Crippen LogP) is 3.08. The number of carbonyl (C=O) groups is 2. The first-order valence-corrected chi connectivity index (χ1v) is 7.71. The number of carboxylic acid groups (broad SMARTS) is 1. The molecule has 1 aromatic rings. The normalized spacial score (nSPS) is 25.2. The summed E-state index contributed by atoms with van der Waals surface area (Å²) in [6.07, 6.45) is 2.47. The van der Waals surface area contributed by atoms with Crippen molar-refractivity contribution in [2.45, 2.75) is 31.2 Å². The second-order valence-electron chi connectivity index (χ2n) is 5.78. The smallest absolute Gasteiger partial charge is 0.326 e. The van der Waals surface area contributed by atoms with Crippen LogP contribution in [0, 0.1) is 11.8 Å². The summed E-state index contributed by atoms with van der Waals surface area (Å²) in [5.41, 5.74) is 0.975. The first kappa shape index (κ1) is 14.7. The van der Waals surface area contributed by atoms with E-state index in [1.165, 1.54) is 0 Å². The Bertz CT molecular complexity index is 601. The Hall–Kier alpha value is -1.26. The highest BCUT2D eigenvalue weighted by Crippen LogP contribution is 2.48. The van der Waals surface area contributed by atoms with Crippen molar-refractivity contribution in [2.24, 2.45) is 11.8 Å². The number of benzene rings is 1. The fourth-order valence-electron chi connectivity index (χ4n) is 2.67. The predicted molar refractivity (Wildman–Crippen MR) is 79.6 cm³/mol. The van der Waals surface area contributed by atoms with E-state index >= 15 is 0 Å². The molecule has 2 aliphatic carbocycles. The van der Waals surface area contributed by atoms with E-state index in [0.717, 1.165) is 24.8 Å². The molecule has 0 heterocycles. The van der Waals surface area contributed by atoms with Crippen LogP contribution in [0.2, 0.25) is 10.0 Å². The van der Waals surface area contributed by atoms with E-state index in [2.05, 4.69) is 5.32 Å². The van der Waals surface area contributed by atoms with E-state index in [9.17, 15) is 9.59 Å². The summed E-state index contributed by atoms with van der Waals surface area (Å²) < 4.78 is 0. The minimum Gasteiger partial charge on any atom is -0.480 e. The Morgan fingerprint density at radius 2 is 1.95 bits per heavy atom. The third kappa shape index (κ3) is 3.16. The van der Waals surface area contributed by atoms with Gasteiger partial charge in [0, 0.05) is 5.92 Å². The van der Waals surface area contributed by atoms with Gasteiger partial charge in [-0.25, -0.2) is 4.79 Å². The van der Waals surface area contributed by atoms with Crippen LogP contribution in [0.25, 0.3) is 0 Å². The molecular formula is C15H15Cl2NO3. The molecule has 3 rings (SSSR count). The lowest BCUT2D eigenvalue weighted by atomic mass is 10.1. The minimum atomic E-state index is -0.947. The molecule has 0 aromatic heterocycles. The average molecular weight is 328 g/mol. The van der Waals surface area contributed by atoms with E-state index in [1.807, 2.05) is 6.07 Å². The topological polar surface area (TPSA) is 66.4 Å². The summed E-state index contributed by atoms with van der Waals surface area (Å²) in [5.74, 6) is -1.09. The van der Waals surface area contributed by atoms with E-state index in [-0.39, 0.29) is 23.7 Å². The Morgan fingerprint density at radius 3 is 2.52 bits per heavy atom. The molecule has 6 heteroatoms. The fourth-order valence-corrected chi connectivity index (χ4v) is 2.97. The molecule has 21 heavy (non-hydrogen) atoms. The molecule has 112 valence electrons. The van der Waals surface area contributed by atoms with Crippen LogP contribution in [0.1, 0.15) is 30.7 Å². The highest BCUT2D eigenvalue weighted by molar-refractivity contribution is 6.42. The molecule has 3 atom stereocenters. The summed E-state index contributed by atoms with van der Waals surface area (Å²) in [6, 6.07) is 4.61. The molecule has 2 saturated carbocycles. The van der Waals surface area contributed by atoms with Crippen molar-refractivity contribution in [3.8, 4) is 0 Å². The van der Waals surface area contributed by atoms with Gasteiger partial charge in [0.25, 0.3) is 0 Å². The highest BCUT2D eigenvalue weighted by Gasteiger charge is 2.46. The second-order valence-corrected chi connectivity index (χ2v) is 6.60. The van der Waals surface area contributed by atoms with Crippen LogP contribution >= 0.6 is 23.2 Å². The molecule has 1 amide bonds. The lowest BCUT2D eigenvalue weighted by Gasteiger charge is -2.13. The molecule has 2 fully saturated rings. The first-order chi connectivity index (χ1) is 9.97. The quantitative estimate of drug-likeness (QED) is 0.873. The third-order valence-corrected chi connectivity index (χ3v) is 4.90. The number of hydrogen-bond acceptors (Lipinski definition) is 2. The van der Waals surface area contributed by atoms with Crippen molar-refractivity contribution in [1.82, 2.24) is 5.32 Å². The number of carboxylic acids is 1. The minimum absolute atomic E-state index is 0.0913. The molecule has 0 saturated heterocycles. The van der Waals surface area contributed by atoms with Crippen LogP contribution in [-0.2, 0) is 9.59 Å². The Kier molecular flexibility index (Phi) is 3.84. The highest BCUT2D eigenvalue weighted by atomic mass is 35.5. The SMILES string of the molecule is O=C(NC(C(=O)O)C1CC1)C1CC1c1ccc(Cl)c(Cl)c1. The maximum atomic E-state index is 12.2. The van der Waals surface area contributed by atoms with E-state index in [0.29, 0.717) is 10.0 Å². The van der Waals surface area contributed by atoms with Crippen LogP contribution in [0.5, 0.6) is 0 Å². The van der Waals surface area contributed by atoms with Crippen LogP contribution < -0.4 is 5.32 Å². The van der Waals surface area contributed by atoms with Gasteiger partial charge in [-0.2, -0.15) is 0 Å². The molecule has 0 bridgehead atoms. The lowest BCUT2D eigenvalue weighted by Crippen LogP contribution is -2.43. The average Bonchev–Trinajstić information content (AvgIpc) is 3.30.